The Morgan fingerprint density at radius 2 is 1.83 bits per heavy atom. The van der Waals surface area contributed by atoms with Gasteiger partial charge in [-0.3, -0.25) is 4.79 Å². The molecule has 0 radical (unpaired) electrons. The minimum Gasteiger partial charge on any atom is -0.495 e. The Bertz CT molecular complexity index is 674. The van der Waals surface area contributed by atoms with Gasteiger partial charge in [-0.15, -0.1) is 0 Å². The van der Waals surface area contributed by atoms with Crippen LogP contribution in [0.15, 0.2) is 42.5 Å². The Balaban J connectivity index is 1.83. The smallest absolute Gasteiger partial charge is 0.243 e. The molecule has 2 aromatic rings. The third-order valence-corrected chi connectivity index (χ3v) is 3.51. The highest BCUT2D eigenvalue weighted by atomic mass is 35.5. The number of halogens is 1. The van der Waals surface area contributed by atoms with Crippen LogP contribution in [0, 0.1) is 0 Å². The highest BCUT2D eigenvalue weighted by Gasteiger charge is 2.05. The average molecular weight is 349 g/mol. The summed E-state index contributed by atoms with van der Waals surface area (Å²) in [5, 5.41) is 6.33. The topological polar surface area (TPSA) is 59.6 Å². The van der Waals surface area contributed by atoms with Crippen LogP contribution in [0.25, 0.3) is 0 Å². The SMILES string of the molecule is CCCOc1ccc(NC(=O)CNc2ccc(OC)c(Cl)c2)cc1. The van der Waals surface area contributed by atoms with E-state index in [1.165, 1.54) is 0 Å². The van der Waals surface area contributed by atoms with Crippen LogP contribution < -0.4 is 20.1 Å². The molecule has 0 aliphatic rings. The predicted molar refractivity (Wildman–Crippen MR) is 97.4 cm³/mol. The van der Waals surface area contributed by atoms with Gasteiger partial charge in [-0.25, -0.2) is 0 Å². The molecular weight excluding hydrogens is 328 g/mol. The summed E-state index contributed by atoms with van der Waals surface area (Å²) < 4.78 is 10.6. The summed E-state index contributed by atoms with van der Waals surface area (Å²) >= 11 is 6.05. The van der Waals surface area contributed by atoms with E-state index in [2.05, 4.69) is 17.6 Å². The van der Waals surface area contributed by atoms with Gasteiger partial charge in [-0.2, -0.15) is 0 Å². The van der Waals surface area contributed by atoms with Crippen LogP contribution in [0.4, 0.5) is 11.4 Å². The first-order valence-corrected chi connectivity index (χ1v) is 8.10. The van der Waals surface area contributed by atoms with Crippen LogP contribution in [0.3, 0.4) is 0 Å². The van der Waals surface area contributed by atoms with Crippen LogP contribution in [-0.2, 0) is 4.79 Å². The van der Waals surface area contributed by atoms with Crippen molar-refractivity contribution in [3.05, 3.63) is 47.5 Å². The molecule has 0 bridgehead atoms. The molecule has 0 aliphatic carbocycles. The van der Waals surface area contributed by atoms with Crippen molar-refractivity contribution in [3.8, 4) is 11.5 Å². The third kappa shape index (κ3) is 5.35. The van der Waals surface area contributed by atoms with Crippen molar-refractivity contribution in [2.45, 2.75) is 13.3 Å². The second-order valence-electron chi connectivity index (χ2n) is 5.12. The van der Waals surface area contributed by atoms with Crippen LogP contribution in [0.2, 0.25) is 5.02 Å². The second kappa shape index (κ2) is 9.03. The monoisotopic (exact) mass is 348 g/mol. The molecule has 128 valence electrons. The number of rotatable bonds is 8. The molecule has 0 saturated heterocycles. The van der Waals surface area contributed by atoms with Crippen LogP contribution in [-0.4, -0.2) is 26.2 Å². The Morgan fingerprint density at radius 3 is 2.46 bits per heavy atom. The van der Waals surface area contributed by atoms with Gasteiger partial charge in [0.2, 0.25) is 5.91 Å². The highest BCUT2D eigenvalue weighted by Crippen LogP contribution is 2.27. The number of hydrogen-bond acceptors (Lipinski definition) is 4. The Labute approximate surface area is 146 Å². The van der Waals surface area contributed by atoms with Gasteiger partial charge in [0.1, 0.15) is 11.5 Å². The number of amides is 1. The zero-order valence-corrected chi connectivity index (χ0v) is 14.5. The molecule has 2 aromatic carbocycles. The summed E-state index contributed by atoms with van der Waals surface area (Å²) in [7, 11) is 1.56. The van der Waals surface area contributed by atoms with Crippen molar-refractivity contribution in [1.82, 2.24) is 0 Å². The summed E-state index contributed by atoms with van der Waals surface area (Å²) in [5.41, 5.74) is 1.47. The van der Waals surface area contributed by atoms with Crippen molar-refractivity contribution >= 4 is 28.9 Å². The van der Waals surface area contributed by atoms with Gasteiger partial charge in [0.15, 0.2) is 0 Å². The summed E-state index contributed by atoms with van der Waals surface area (Å²) in [4.78, 5) is 12.0. The fourth-order valence-corrected chi connectivity index (χ4v) is 2.28. The van der Waals surface area contributed by atoms with Gasteiger partial charge in [0.25, 0.3) is 0 Å². The Hall–Kier alpha value is -2.40. The number of benzene rings is 2. The molecule has 0 unspecified atom stereocenters. The lowest BCUT2D eigenvalue weighted by Crippen LogP contribution is -2.21. The van der Waals surface area contributed by atoms with E-state index in [1.54, 1.807) is 25.3 Å². The standard InChI is InChI=1S/C18H21ClN2O3/c1-3-10-24-15-7-4-13(5-8-15)21-18(22)12-20-14-6-9-17(23-2)16(19)11-14/h4-9,11,20H,3,10,12H2,1-2H3,(H,21,22). The number of nitrogens with one attached hydrogen (secondary N) is 2. The number of hydrogen-bond donors (Lipinski definition) is 2. The first-order valence-electron chi connectivity index (χ1n) is 7.72. The molecule has 2 rings (SSSR count). The van der Waals surface area contributed by atoms with E-state index in [0.717, 1.165) is 23.5 Å². The Morgan fingerprint density at radius 1 is 1.12 bits per heavy atom. The number of methoxy groups -OCH3 is 1. The maximum absolute atomic E-state index is 12.0. The quantitative estimate of drug-likeness (QED) is 0.751. The largest absolute Gasteiger partial charge is 0.495 e. The van der Waals surface area contributed by atoms with Crippen LogP contribution in [0.5, 0.6) is 11.5 Å². The molecular formula is C18H21ClN2O3. The zero-order valence-electron chi connectivity index (χ0n) is 13.8. The fraction of sp³-hybridized carbons (Fsp3) is 0.278. The first kappa shape index (κ1) is 17.9. The van der Waals surface area contributed by atoms with Crippen LogP contribution in [0.1, 0.15) is 13.3 Å². The molecule has 5 nitrogen and oxygen atoms in total. The first-order chi connectivity index (χ1) is 11.6. The lowest BCUT2D eigenvalue weighted by Gasteiger charge is -2.10. The van der Waals surface area contributed by atoms with Crippen molar-refractivity contribution < 1.29 is 14.3 Å². The maximum atomic E-state index is 12.0. The highest BCUT2D eigenvalue weighted by molar-refractivity contribution is 6.32. The van der Waals surface area contributed by atoms with Gasteiger partial charge >= 0.3 is 0 Å². The lowest BCUT2D eigenvalue weighted by molar-refractivity contribution is -0.114. The normalized spacial score (nSPS) is 10.1. The summed E-state index contributed by atoms with van der Waals surface area (Å²) in [6, 6.07) is 12.6. The third-order valence-electron chi connectivity index (χ3n) is 3.22. The summed E-state index contributed by atoms with van der Waals surface area (Å²) in [6.45, 7) is 2.87. The molecule has 0 fully saturated rings. The van der Waals surface area contributed by atoms with Gasteiger partial charge in [-0.05, 0) is 48.9 Å². The Kier molecular flexibility index (Phi) is 6.75. The van der Waals surface area contributed by atoms with E-state index in [0.29, 0.717) is 17.4 Å². The molecule has 2 N–H and O–H groups in total. The molecule has 0 saturated carbocycles. The minimum absolute atomic E-state index is 0.136. The number of ether oxygens (including phenoxy) is 2. The molecule has 0 atom stereocenters. The summed E-state index contributed by atoms with van der Waals surface area (Å²) in [5.74, 6) is 1.24. The molecule has 0 aromatic heterocycles. The number of carbonyl (C=O) groups excluding carboxylic acids is 1. The molecule has 0 aliphatic heterocycles. The predicted octanol–water partition coefficient (Wildman–Crippen LogP) is 4.19. The number of anilines is 2. The van der Waals surface area contributed by atoms with Gasteiger partial charge in [0.05, 0.1) is 25.3 Å². The van der Waals surface area contributed by atoms with E-state index in [4.69, 9.17) is 21.1 Å². The minimum atomic E-state index is -0.149. The maximum Gasteiger partial charge on any atom is 0.243 e. The van der Waals surface area contributed by atoms with Gasteiger partial charge in [0, 0.05) is 11.4 Å². The molecule has 0 spiro atoms. The van der Waals surface area contributed by atoms with E-state index < -0.39 is 0 Å². The zero-order chi connectivity index (χ0) is 17.4. The molecule has 1 amide bonds. The van der Waals surface area contributed by atoms with E-state index >= 15 is 0 Å². The van der Waals surface area contributed by atoms with Gasteiger partial charge < -0.3 is 20.1 Å². The number of carbonyl (C=O) groups is 1. The van der Waals surface area contributed by atoms with Crippen molar-refractivity contribution in [2.75, 3.05) is 30.9 Å². The van der Waals surface area contributed by atoms with Crippen molar-refractivity contribution in [3.63, 3.8) is 0 Å². The van der Waals surface area contributed by atoms with Crippen molar-refractivity contribution in [2.24, 2.45) is 0 Å². The van der Waals surface area contributed by atoms with E-state index in [9.17, 15) is 4.79 Å². The van der Waals surface area contributed by atoms with Crippen LogP contribution >= 0.6 is 11.6 Å². The molecule has 24 heavy (non-hydrogen) atoms. The lowest BCUT2D eigenvalue weighted by atomic mass is 10.3. The second-order valence-corrected chi connectivity index (χ2v) is 5.53. The van der Waals surface area contributed by atoms with Crippen molar-refractivity contribution in [1.29, 1.82) is 0 Å². The van der Waals surface area contributed by atoms with E-state index in [1.807, 2.05) is 24.3 Å². The van der Waals surface area contributed by atoms with E-state index in [-0.39, 0.29) is 12.5 Å². The molecule has 6 heteroatoms. The fourth-order valence-electron chi connectivity index (χ4n) is 2.02. The summed E-state index contributed by atoms with van der Waals surface area (Å²) in [6.07, 6.45) is 0.958. The van der Waals surface area contributed by atoms with Gasteiger partial charge in [-0.1, -0.05) is 18.5 Å². The average Bonchev–Trinajstić information content (AvgIpc) is 2.59. The molecule has 0 heterocycles.